The van der Waals surface area contributed by atoms with E-state index in [1.54, 1.807) is 35.4 Å². The summed E-state index contributed by atoms with van der Waals surface area (Å²) in [5, 5.41) is 8.57. The van der Waals surface area contributed by atoms with Gasteiger partial charge < -0.3 is 20.9 Å². The largest absolute Gasteiger partial charge is 0.348 e. The molecular formula is C27H26FN7O3S. The molecule has 1 atom stereocenters. The van der Waals surface area contributed by atoms with Gasteiger partial charge in [0.2, 0.25) is 11.9 Å². The number of nitrogens with zero attached hydrogens (tertiary/aromatic N) is 4. The topological polar surface area (TPSA) is 129 Å². The van der Waals surface area contributed by atoms with Crippen molar-refractivity contribution in [2.45, 2.75) is 25.9 Å². The highest BCUT2D eigenvalue weighted by Gasteiger charge is 2.34. The Bertz CT molecular complexity index is 1540. The van der Waals surface area contributed by atoms with Gasteiger partial charge in [0.1, 0.15) is 5.82 Å². The van der Waals surface area contributed by atoms with Crippen molar-refractivity contribution in [2.24, 2.45) is 0 Å². The number of carbonyl (C=O) groups excluding carboxylic acids is 3. The van der Waals surface area contributed by atoms with E-state index in [2.05, 4.69) is 30.9 Å². The normalized spacial score (nSPS) is 14.0. The number of amides is 3. The van der Waals surface area contributed by atoms with Crippen LogP contribution >= 0.6 is 11.3 Å². The van der Waals surface area contributed by atoms with E-state index in [1.807, 2.05) is 26.0 Å². The highest BCUT2D eigenvalue weighted by molar-refractivity contribution is 7.19. The number of hydrogen-bond acceptors (Lipinski definition) is 8. The number of fused-ring (bicyclic) bond motifs is 1. The standard InChI is InChI=1S/C27H26FN7O3S/c1-15-8-21-24(39-15)23(34-27(33-21)31-16(2)18-9-19(28)11-29-10-18)26(38)35-13-20(14-35)32-22(36)12-30-25(37)17-6-4-3-5-7-17/h3-11,16,20H,12-14H2,1-2H3,(H,30,37)(H,32,36)(H,31,33,34). The number of nitrogens with one attached hydrogen (secondary N) is 3. The molecule has 12 heteroatoms. The molecule has 5 rings (SSSR count). The van der Waals surface area contributed by atoms with Crippen LogP contribution < -0.4 is 16.0 Å². The second kappa shape index (κ2) is 11.1. The van der Waals surface area contributed by atoms with Gasteiger partial charge in [0.05, 0.1) is 35.0 Å². The lowest BCUT2D eigenvalue weighted by Gasteiger charge is -2.39. The monoisotopic (exact) mass is 547 g/mol. The van der Waals surface area contributed by atoms with E-state index in [0.29, 0.717) is 34.4 Å². The van der Waals surface area contributed by atoms with E-state index < -0.39 is 5.82 Å². The van der Waals surface area contributed by atoms with E-state index in [0.717, 1.165) is 11.1 Å². The molecule has 1 aliphatic heterocycles. The molecule has 0 spiro atoms. The van der Waals surface area contributed by atoms with Gasteiger partial charge in [-0.2, -0.15) is 0 Å². The number of rotatable bonds is 8. The Balaban J connectivity index is 1.21. The lowest BCUT2D eigenvalue weighted by Crippen LogP contribution is -2.62. The molecule has 1 saturated heterocycles. The van der Waals surface area contributed by atoms with E-state index >= 15 is 0 Å². The molecule has 10 nitrogen and oxygen atoms in total. The predicted octanol–water partition coefficient (Wildman–Crippen LogP) is 3.08. The molecule has 3 N–H and O–H groups in total. The quantitative estimate of drug-likeness (QED) is 0.309. The summed E-state index contributed by atoms with van der Waals surface area (Å²) in [7, 11) is 0. The summed E-state index contributed by atoms with van der Waals surface area (Å²) < 4.78 is 14.3. The van der Waals surface area contributed by atoms with Crippen molar-refractivity contribution in [3.05, 3.63) is 82.4 Å². The molecule has 1 unspecified atom stereocenters. The Kier molecular flexibility index (Phi) is 7.46. The molecule has 1 fully saturated rings. The summed E-state index contributed by atoms with van der Waals surface area (Å²) in [6, 6.07) is 11.3. The van der Waals surface area contributed by atoms with Crippen LogP contribution in [0.25, 0.3) is 10.2 Å². The minimum absolute atomic E-state index is 0.159. The van der Waals surface area contributed by atoms with Crippen molar-refractivity contribution in [3.8, 4) is 0 Å². The zero-order valence-electron chi connectivity index (χ0n) is 21.3. The molecule has 1 aliphatic rings. The number of anilines is 1. The lowest BCUT2D eigenvalue weighted by atomic mass is 10.1. The molecule has 4 heterocycles. The average Bonchev–Trinajstić information content (AvgIpc) is 3.28. The Morgan fingerprint density at radius 3 is 2.64 bits per heavy atom. The summed E-state index contributed by atoms with van der Waals surface area (Å²) in [6.07, 6.45) is 2.69. The first-order valence-electron chi connectivity index (χ1n) is 12.3. The second-order valence-corrected chi connectivity index (χ2v) is 10.5. The van der Waals surface area contributed by atoms with Crippen LogP contribution in [0, 0.1) is 12.7 Å². The third-order valence-corrected chi connectivity index (χ3v) is 7.29. The molecule has 39 heavy (non-hydrogen) atoms. The van der Waals surface area contributed by atoms with Gasteiger partial charge in [-0.05, 0) is 43.7 Å². The van der Waals surface area contributed by atoms with Crippen LogP contribution in [0.15, 0.2) is 54.9 Å². The first kappa shape index (κ1) is 26.2. The molecular weight excluding hydrogens is 521 g/mol. The molecule has 1 aromatic carbocycles. The molecule has 3 amide bonds. The Labute approximate surface area is 227 Å². The van der Waals surface area contributed by atoms with Gasteiger partial charge in [-0.1, -0.05) is 18.2 Å². The third kappa shape index (κ3) is 6.01. The lowest BCUT2D eigenvalue weighted by molar-refractivity contribution is -0.121. The van der Waals surface area contributed by atoms with E-state index in [1.165, 1.54) is 17.4 Å². The fourth-order valence-corrected chi connectivity index (χ4v) is 5.15. The molecule has 0 bridgehead atoms. The van der Waals surface area contributed by atoms with Gasteiger partial charge >= 0.3 is 0 Å². The van der Waals surface area contributed by atoms with E-state index in [9.17, 15) is 18.8 Å². The summed E-state index contributed by atoms with van der Waals surface area (Å²) in [5.41, 5.74) is 2.00. The Morgan fingerprint density at radius 1 is 1.13 bits per heavy atom. The summed E-state index contributed by atoms with van der Waals surface area (Å²) >= 11 is 1.43. The van der Waals surface area contributed by atoms with Crippen molar-refractivity contribution < 1.29 is 18.8 Å². The number of likely N-dealkylation sites (tertiary alicyclic amines) is 1. The molecule has 0 saturated carbocycles. The zero-order chi connectivity index (χ0) is 27.5. The third-order valence-electron chi connectivity index (χ3n) is 6.25. The van der Waals surface area contributed by atoms with Gasteiger partial charge in [0, 0.05) is 29.7 Å². The predicted molar refractivity (Wildman–Crippen MR) is 145 cm³/mol. The number of thiophene rings is 1. The van der Waals surface area contributed by atoms with Crippen molar-refractivity contribution in [1.29, 1.82) is 0 Å². The maximum Gasteiger partial charge on any atom is 0.274 e. The average molecular weight is 548 g/mol. The summed E-state index contributed by atoms with van der Waals surface area (Å²) in [6.45, 7) is 4.24. The van der Waals surface area contributed by atoms with Crippen LogP contribution in [0.3, 0.4) is 0 Å². The van der Waals surface area contributed by atoms with Crippen molar-refractivity contribution in [2.75, 3.05) is 25.0 Å². The van der Waals surface area contributed by atoms with Crippen LogP contribution in [0.1, 0.15) is 44.3 Å². The van der Waals surface area contributed by atoms with Gasteiger partial charge in [-0.15, -0.1) is 11.3 Å². The number of halogens is 1. The SMILES string of the molecule is Cc1cc2nc(NC(C)c3cncc(F)c3)nc(C(=O)N3CC(NC(=O)CNC(=O)c4ccccc4)C3)c2s1. The summed E-state index contributed by atoms with van der Waals surface area (Å²) in [4.78, 5) is 53.4. The minimum Gasteiger partial charge on any atom is -0.348 e. The van der Waals surface area contributed by atoms with Crippen LogP contribution in [0.5, 0.6) is 0 Å². The van der Waals surface area contributed by atoms with Crippen molar-refractivity contribution in [1.82, 2.24) is 30.5 Å². The van der Waals surface area contributed by atoms with Gasteiger partial charge in [0.25, 0.3) is 11.8 Å². The first-order valence-corrected chi connectivity index (χ1v) is 13.2. The number of carbonyl (C=O) groups is 3. The molecule has 200 valence electrons. The van der Waals surface area contributed by atoms with Gasteiger partial charge in [-0.25, -0.2) is 14.4 Å². The molecule has 0 aliphatic carbocycles. The Hall–Kier alpha value is -4.45. The van der Waals surface area contributed by atoms with Crippen LogP contribution in [0.2, 0.25) is 0 Å². The fraction of sp³-hybridized carbons (Fsp3) is 0.259. The second-order valence-electron chi connectivity index (χ2n) is 9.29. The zero-order valence-corrected chi connectivity index (χ0v) is 22.1. The van der Waals surface area contributed by atoms with Gasteiger partial charge in [-0.3, -0.25) is 19.4 Å². The number of benzene rings is 1. The van der Waals surface area contributed by atoms with E-state index in [-0.39, 0.29) is 48.0 Å². The number of pyridine rings is 1. The first-order chi connectivity index (χ1) is 18.8. The fourth-order valence-electron chi connectivity index (χ4n) is 4.22. The van der Waals surface area contributed by atoms with Crippen molar-refractivity contribution >= 4 is 45.2 Å². The van der Waals surface area contributed by atoms with E-state index in [4.69, 9.17) is 0 Å². The van der Waals surface area contributed by atoms with Crippen LogP contribution in [-0.4, -0.2) is 63.2 Å². The maximum atomic E-state index is 13.6. The summed E-state index contributed by atoms with van der Waals surface area (Å²) in [5.74, 6) is -1.13. The number of aromatic nitrogens is 3. The number of hydrogen-bond donors (Lipinski definition) is 3. The van der Waals surface area contributed by atoms with Crippen LogP contribution in [-0.2, 0) is 4.79 Å². The van der Waals surface area contributed by atoms with Crippen LogP contribution in [0.4, 0.5) is 10.3 Å². The molecule has 0 radical (unpaired) electrons. The highest BCUT2D eigenvalue weighted by atomic mass is 32.1. The van der Waals surface area contributed by atoms with Gasteiger partial charge in [0.15, 0.2) is 5.69 Å². The minimum atomic E-state index is -0.445. The maximum absolute atomic E-state index is 13.6. The molecule has 3 aromatic heterocycles. The smallest absolute Gasteiger partial charge is 0.274 e. The number of aryl methyl sites for hydroxylation is 1. The van der Waals surface area contributed by atoms with Crippen molar-refractivity contribution in [3.63, 3.8) is 0 Å². The highest BCUT2D eigenvalue weighted by Crippen LogP contribution is 2.30. The molecule has 4 aromatic rings. The Morgan fingerprint density at radius 2 is 1.90 bits per heavy atom.